The first-order valence-electron chi connectivity index (χ1n) is 8.89. The van der Waals surface area contributed by atoms with Crippen LogP contribution in [0.25, 0.3) is 0 Å². The molecule has 142 valence electrons. The molecule has 3 rings (SSSR count). The van der Waals surface area contributed by atoms with Crippen molar-refractivity contribution in [2.24, 2.45) is 0 Å². The van der Waals surface area contributed by atoms with Crippen molar-refractivity contribution in [2.45, 2.75) is 13.3 Å². The van der Waals surface area contributed by atoms with Crippen LogP contribution in [0.5, 0.6) is 0 Å². The lowest BCUT2D eigenvalue weighted by Gasteiger charge is -2.08. The maximum atomic E-state index is 12.4. The first kappa shape index (κ1) is 19.6. The van der Waals surface area contributed by atoms with E-state index in [0.717, 1.165) is 17.5 Å². The van der Waals surface area contributed by atoms with Crippen LogP contribution in [0.1, 0.15) is 32.1 Å². The lowest BCUT2D eigenvalue weighted by atomic mass is 10.1. The number of anilines is 1. The number of hydrogen-bond donors (Lipinski definition) is 2. The second kappa shape index (κ2) is 9.15. The van der Waals surface area contributed by atoms with Crippen molar-refractivity contribution in [2.75, 3.05) is 11.9 Å². The number of carbonyl (C=O) groups excluding carboxylic acids is 2. The fourth-order valence-corrected chi connectivity index (χ4v) is 2.79. The van der Waals surface area contributed by atoms with Gasteiger partial charge in [-0.25, -0.2) is 4.98 Å². The molecule has 0 saturated carbocycles. The molecule has 1 heterocycles. The third-order valence-corrected chi connectivity index (χ3v) is 4.59. The zero-order valence-corrected chi connectivity index (χ0v) is 16.2. The molecule has 28 heavy (non-hydrogen) atoms. The van der Waals surface area contributed by atoms with Gasteiger partial charge in [0.2, 0.25) is 0 Å². The van der Waals surface area contributed by atoms with E-state index in [0.29, 0.717) is 17.3 Å². The van der Waals surface area contributed by atoms with Crippen LogP contribution < -0.4 is 10.6 Å². The number of nitrogens with zero attached hydrogens (tertiary/aromatic N) is 1. The number of pyridine rings is 1. The second-order valence-electron chi connectivity index (χ2n) is 6.32. The minimum Gasteiger partial charge on any atom is -0.350 e. The molecule has 0 fully saturated rings. The van der Waals surface area contributed by atoms with Gasteiger partial charge in [-0.3, -0.25) is 9.59 Å². The van der Waals surface area contributed by atoms with Gasteiger partial charge in [0.1, 0.15) is 11.4 Å². The van der Waals surface area contributed by atoms with Gasteiger partial charge < -0.3 is 10.6 Å². The molecule has 0 radical (unpaired) electrons. The van der Waals surface area contributed by atoms with E-state index in [-0.39, 0.29) is 17.3 Å². The Morgan fingerprint density at radius 1 is 0.929 bits per heavy atom. The topological polar surface area (TPSA) is 71.1 Å². The molecule has 0 spiro atoms. The summed E-state index contributed by atoms with van der Waals surface area (Å²) < 4.78 is 0. The Bertz CT molecular complexity index is 990. The lowest BCUT2D eigenvalue weighted by Crippen LogP contribution is -2.27. The zero-order valence-electron chi connectivity index (χ0n) is 15.4. The van der Waals surface area contributed by atoms with Crippen LogP contribution in [-0.4, -0.2) is 23.3 Å². The van der Waals surface area contributed by atoms with Crippen molar-refractivity contribution in [3.63, 3.8) is 0 Å². The molecular formula is C22H20ClN3O2. The summed E-state index contributed by atoms with van der Waals surface area (Å²) in [5.74, 6) is -0.720. The van der Waals surface area contributed by atoms with E-state index in [2.05, 4.69) is 15.6 Å². The molecule has 0 unspecified atom stereocenters. The Morgan fingerprint density at radius 3 is 2.36 bits per heavy atom. The van der Waals surface area contributed by atoms with Gasteiger partial charge in [0, 0.05) is 17.3 Å². The summed E-state index contributed by atoms with van der Waals surface area (Å²) >= 11 is 6.08. The number of amides is 2. The molecule has 5 nitrogen and oxygen atoms in total. The molecule has 0 bridgehead atoms. The molecule has 0 aliphatic rings. The highest BCUT2D eigenvalue weighted by Gasteiger charge is 2.13. The third-order valence-electron chi connectivity index (χ3n) is 4.19. The number of aryl methyl sites for hydroxylation is 1. The van der Waals surface area contributed by atoms with E-state index in [1.165, 1.54) is 0 Å². The lowest BCUT2D eigenvalue weighted by molar-refractivity contribution is 0.0949. The summed E-state index contributed by atoms with van der Waals surface area (Å²) in [4.78, 5) is 28.9. The van der Waals surface area contributed by atoms with Gasteiger partial charge in [0.25, 0.3) is 11.8 Å². The fraction of sp³-hybridized carbons (Fsp3) is 0.136. The van der Waals surface area contributed by atoms with Crippen LogP contribution in [0.2, 0.25) is 5.02 Å². The van der Waals surface area contributed by atoms with E-state index >= 15 is 0 Å². The van der Waals surface area contributed by atoms with Crippen LogP contribution in [0.4, 0.5) is 5.69 Å². The van der Waals surface area contributed by atoms with Gasteiger partial charge in [-0.2, -0.15) is 0 Å². The normalized spacial score (nSPS) is 10.4. The minimum atomic E-state index is -0.404. The fourth-order valence-electron chi connectivity index (χ4n) is 2.61. The van der Waals surface area contributed by atoms with Crippen molar-refractivity contribution in [3.8, 4) is 0 Å². The predicted molar refractivity (Wildman–Crippen MR) is 111 cm³/mol. The molecule has 2 amide bonds. The average molecular weight is 394 g/mol. The summed E-state index contributed by atoms with van der Waals surface area (Å²) in [6.45, 7) is 2.37. The summed E-state index contributed by atoms with van der Waals surface area (Å²) in [5, 5.41) is 6.13. The van der Waals surface area contributed by atoms with E-state index in [4.69, 9.17) is 11.6 Å². The summed E-state index contributed by atoms with van der Waals surface area (Å²) in [5.41, 5.74) is 2.99. The number of nitrogens with one attached hydrogen (secondary N) is 2. The van der Waals surface area contributed by atoms with Crippen molar-refractivity contribution in [3.05, 3.63) is 94.3 Å². The van der Waals surface area contributed by atoms with E-state index in [1.807, 2.05) is 43.3 Å². The number of benzene rings is 2. The highest BCUT2D eigenvalue weighted by molar-refractivity contribution is 6.31. The van der Waals surface area contributed by atoms with Gasteiger partial charge >= 0.3 is 0 Å². The standard InChI is InChI=1S/C22H20ClN3O2/c1-15-10-11-17(14-18(15)23)25-22(28)20-9-5-8-19(26-20)21(27)24-13-12-16-6-3-2-4-7-16/h2-11,14H,12-13H2,1H3,(H,24,27)(H,25,28). The molecule has 3 aromatic rings. The summed E-state index contributed by atoms with van der Waals surface area (Å²) in [6.07, 6.45) is 0.723. The zero-order chi connectivity index (χ0) is 19.9. The first-order valence-corrected chi connectivity index (χ1v) is 9.27. The van der Waals surface area contributed by atoms with Gasteiger partial charge in [-0.15, -0.1) is 0 Å². The SMILES string of the molecule is Cc1ccc(NC(=O)c2cccc(C(=O)NCCc3ccccc3)n2)cc1Cl. The van der Waals surface area contributed by atoms with Gasteiger partial charge in [0.05, 0.1) is 0 Å². The molecule has 0 saturated heterocycles. The van der Waals surface area contributed by atoms with Crippen molar-refractivity contribution < 1.29 is 9.59 Å². The maximum Gasteiger partial charge on any atom is 0.274 e. The molecule has 0 aliphatic carbocycles. The Morgan fingerprint density at radius 2 is 1.64 bits per heavy atom. The first-order chi connectivity index (χ1) is 13.5. The van der Waals surface area contributed by atoms with Crippen LogP contribution in [-0.2, 0) is 6.42 Å². The Labute approximate surface area is 168 Å². The average Bonchev–Trinajstić information content (AvgIpc) is 2.71. The van der Waals surface area contributed by atoms with Gasteiger partial charge in [-0.05, 0) is 48.7 Å². The van der Waals surface area contributed by atoms with E-state index < -0.39 is 5.91 Å². The van der Waals surface area contributed by atoms with Crippen LogP contribution in [0.3, 0.4) is 0 Å². The molecule has 0 atom stereocenters. The number of rotatable bonds is 6. The Kier molecular flexibility index (Phi) is 6.40. The number of aromatic nitrogens is 1. The highest BCUT2D eigenvalue weighted by atomic mass is 35.5. The van der Waals surface area contributed by atoms with Crippen molar-refractivity contribution in [1.29, 1.82) is 0 Å². The third kappa shape index (κ3) is 5.18. The molecule has 0 aliphatic heterocycles. The quantitative estimate of drug-likeness (QED) is 0.657. The molecule has 2 aromatic carbocycles. The van der Waals surface area contributed by atoms with Crippen LogP contribution in [0, 0.1) is 6.92 Å². The number of hydrogen-bond acceptors (Lipinski definition) is 3. The summed E-state index contributed by atoms with van der Waals surface area (Å²) in [6, 6.07) is 19.9. The molecule has 6 heteroatoms. The molecular weight excluding hydrogens is 374 g/mol. The molecule has 1 aromatic heterocycles. The number of carbonyl (C=O) groups is 2. The van der Waals surface area contributed by atoms with Crippen molar-refractivity contribution in [1.82, 2.24) is 10.3 Å². The van der Waals surface area contributed by atoms with E-state index in [1.54, 1.807) is 30.3 Å². The Balaban J connectivity index is 1.61. The largest absolute Gasteiger partial charge is 0.350 e. The van der Waals surface area contributed by atoms with Crippen LogP contribution >= 0.6 is 11.6 Å². The second-order valence-corrected chi connectivity index (χ2v) is 6.72. The summed E-state index contributed by atoms with van der Waals surface area (Å²) in [7, 11) is 0. The monoisotopic (exact) mass is 393 g/mol. The van der Waals surface area contributed by atoms with Gasteiger partial charge in [0.15, 0.2) is 0 Å². The van der Waals surface area contributed by atoms with Crippen molar-refractivity contribution >= 4 is 29.1 Å². The molecule has 2 N–H and O–H groups in total. The predicted octanol–water partition coefficient (Wildman–Crippen LogP) is 4.27. The van der Waals surface area contributed by atoms with Gasteiger partial charge in [-0.1, -0.05) is 54.1 Å². The highest BCUT2D eigenvalue weighted by Crippen LogP contribution is 2.20. The Hall–Kier alpha value is -3.18. The smallest absolute Gasteiger partial charge is 0.274 e. The van der Waals surface area contributed by atoms with E-state index in [9.17, 15) is 9.59 Å². The maximum absolute atomic E-state index is 12.4. The van der Waals surface area contributed by atoms with Crippen LogP contribution in [0.15, 0.2) is 66.7 Å². The number of halogens is 1. The minimum absolute atomic E-state index is 0.160.